The van der Waals surface area contributed by atoms with Crippen molar-refractivity contribution in [1.29, 1.82) is 0 Å². The van der Waals surface area contributed by atoms with Crippen LogP contribution in [0.15, 0.2) is 54.6 Å². The fraction of sp³-hybridized carbons (Fsp3) is 0.304. The van der Waals surface area contributed by atoms with Crippen LogP contribution in [-0.2, 0) is 4.79 Å². The third kappa shape index (κ3) is 5.30. The summed E-state index contributed by atoms with van der Waals surface area (Å²) in [5.41, 5.74) is 1.44. The predicted octanol–water partition coefficient (Wildman–Crippen LogP) is 5.08. The zero-order valence-electron chi connectivity index (χ0n) is 15.5. The lowest BCUT2D eigenvalue weighted by atomic mass is 9.89. The second kappa shape index (κ2) is 9.17. The number of hydrogen-bond donors (Lipinski definition) is 0. The summed E-state index contributed by atoms with van der Waals surface area (Å²) in [4.78, 5) is 24.5. The van der Waals surface area contributed by atoms with Crippen LogP contribution in [0.3, 0.4) is 0 Å². The summed E-state index contributed by atoms with van der Waals surface area (Å²) in [6.07, 6.45) is 8.47. The SMILES string of the molecule is COc1cccc(/C=C/C(=O)c2ccc(OC(=O)C3CCCCC3)cc2)c1. The molecule has 1 fully saturated rings. The quantitative estimate of drug-likeness (QED) is 0.310. The van der Waals surface area contributed by atoms with E-state index in [0.717, 1.165) is 37.0 Å². The van der Waals surface area contributed by atoms with Crippen LogP contribution in [0.4, 0.5) is 0 Å². The lowest BCUT2D eigenvalue weighted by Crippen LogP contribution is -2.22. The summed E-state index contributed by atoms with van der Waals surface area (Å²) in [5, 5.41) is 0. The zero-order chi connectivity index (χ0) is 19.1. The average molecular weight is 364 g/mol. The Morgan fingerprint density at radius 1 is 0.963 bits per heavy atom. The molecule has 0 aromatic heterocycles. The predicted molar refractivity (Wildman–Crippen MR) is 105 cm³/mol. The van der Waals surface area contributed by atoms with Crippen molar-refractivity contribution in [2.75, 3.05) is 7.11 Å². The van der Waals surface area contributed by atoms with E-state index in [1.165, 1.54) is 12.5 Å². The molecule has 0 bridgehead atoms. The van der Waals surface area contributed by atoms with E-state index >= 15 is 0 Å². The number of methoxy groups -OCH3 is 1. The molecule has 3 rings (SSSR count). The Balaban J connectivity index is 1.59. The number of ketones is 1. The normalized spacial score (nSPS) is 14.9. The molecule has 0 heterocycles. The van der Waals surface area contributed by atoms with E-state index in [1.807, 2.05) is 24.3 Å². The number of hydrogen-bond acceptors (Lipinski definition) is 4. The number of benzene rings is 2. The van der Waals surface area contributed by atoms with Gasteiger partial charge in [0.25, 0.3) is 0 Å². The van der Waals surface area contributed by atoms with Gasteiger partial charge in [0.1, 0.15) is 11.5 Å². The first-order chi connectivity index (χ1) is 13.2. The second-order valence-corrected chi connectivity index (χ2v) is 6.75. The van der Waals surface area contributed by atoms with Crippen molar-refractivity contribution in [2.45, 2.75) is 32.1 Å². The molecule has 4 heteroatoms. The average Bonchev–Trinajstić information content (AvgIpc) is 2.73. The van der Waals surface area contributed by atoms with Crippen molar-refractivity contribution < 1.29 is 19.1 Å². The third-order valence-electron chi connectivity index (χ3n) is 4.82. The van der Waals surface area contributed by atoms with Crippen LogP contribution in [0, 0.1) is 5.92 Å². The molecule has 1 aliphatic carbocycles. The minimum atomic E-state index is -0.160. The van der Waals surface area contributed by atoms with Gasteiger partial charge in [-0.3, -0.25) is 9.59 Å². The lowest BCUT2D eigenvalue weighted by Gasteiger charge is -2.19. The Morgan fingerprint density at radius 2 is 1.70 bits per heavy atom. The molecule has 0 saturated heterocycles. The van der Waals surface area contributed by atoms with E-state index in [1.54, 1.807) is 37.5 Å². The lowest BCUT2D eigenvalue weighted by molar-refractivity contribution is -0.139. The molecular formula is C23H24O4. The molecule has 4 nitrogen and oxygen atoms in total. The van der Waals surface area contributed by atoms with Crippen LogP contribution in [0.25, 0.3) is 6.08 Å². The van der Waals surface area contributed by atoms with Gasteiger partial charge >= 0.3 is 5.97 Å². The van der Waals surface area contributed by atoms with Gasteiger partial charge in [-0.2, -0.15) is 0 Å². The minimum Gasteiger partial charge on any atom is -0.497 e. The third-order valence-corrected chi connectivity index (χ3v) is 4.82. The molecule has 1 aliphatic rings. The van der Waals surface area contributed by atoms with Gasteiger partial charge < -0.3 is 9.47 Å². The molecule has 0 spiro atoms. The molecule has 0 N–H and O–H groups in total. The van der Waals surface area contributed by atoms with E-state index in [2.05, 4.69) is 0 Å². The molecule has 0 amide bonds. The van der Waals surface area contributed by atoms with Crippen LogP contribution in [-0.4, -0.2) is 18.9 Å². The topological polar surface area (TPSA) is 52.6 Å². The molecule has 0 radical (unpaired) electrons. The number of allylic oxidation sites excluding steroid dienone is 1. The summed E-state index contributed by atoms with van der Waals surface area (Å²) in [5.74, 6) is 0.966. The van der Waals surface area contributed by atoms with Crippen LogP contribution < -0.4 is 9.47 Å². The van der Waals surface area contributed by atoms with Gasteiger partial charge in [-0.05, 0) is 60.9 Å². The monoisotopic (exact) mass is 364 g/mol. The van der Waals surface area contributed by atoms with Crippen molar-refractivity contribution >= 4 is 17.8 Å². The van der Waals surface area contributed by atoms with Crippen molar-refractivity contribution in [1.82, 2.24) is 0 Å². The Kier molecular flexibility index (Phi) is 6.42. The Bertz CT molecular complexity index is 815. The fourth-order valence-corrected chi connectivity index (χ4v) is 3.24. The largest absolute Gasteiger partial charge is 0.497 e. The maximum absolute atomic E-state index is 12.3. The van der Waals surface area contributed by atoms with Crippen molar-refractivity contribution in [2.24, 2.45) is 5.92 Å². The molecule has 0 atom stereocenters. The van der Waals surface area contributed by atoms with E-state index in [-0.39, 0.29) is 17.7 Å². The van der Waals surface area contributed by atoms with Gasteiger partial charge in [-0.25, -0.2) is 0 Å². The van der Waals surface area contributed by atoms with Gasteiger partial charge in [0.15, 0.2) is 5.78 Å². The first-order valence-electron chi connectivity index (χ1n) is 9.34. The van der Waals surface area contributed by atoms with E-state index < -0.39 is 0 Å². The van der Waals surface area contributed by atoms with Crippen molar-refractivity contribution in [3.63, 3.8) is 0 Å². The van der Waals surface area contributed by atoms with Gasteiger partial charge in [0.05, 0.1) is 13.0 Å². The fourth-order valence-electron chi connectivity index (χ4n) is 3.24. The van der Waals surface area contributed by atoms with Gasteiger partial charge in [-0.15, -0.1) is 0 Å². The summed E-state index contributed by atoms with van der Waals surface area (Å²) in [7, 11) is 1.61. The van der Waals surface area contributed by atoms with Crippen LogP contribution in [0.2, 0.25) is 0 Å². The number of carbonyl (C=O) groups excluding carboxylic acids is 2. The van der Waals surface area contributed by atoms with Crippen LogP contribution >= 0.6 is 0 Å². The standard InChI is InChI=1S/C23H24O4/c1-26-21-9-5-6-17(16-21)10-15-22(24)18-11-13-20(14-12-18)27-23(25)19-7-3-2-4-8-19/h5-6,9-16,19H,2-4,7-8H2,1H3/b15-10+. The summed E-state index contributed by atoms with van der Waals surface area (Å²) >= 11 is 0. The summed E-state index contributed by atoms with van der Waals surface area (Å²) < 4.78 is 10.6. The first-order valence-corrected chi connectivity index (χ1v) is 9.34. The molecule has 140 valence electrons. The highest BCUT2D eigenvalue weighted by Crippen LogP contribution is 2.25. The number of ether oxygens (including phenoxy) is 2. The van der Waals surface area contributed by atoms with Crippen LogP contribution in [0.1, 0.15) is 48.0 Å². The Morgan fingerprint density at radius 3 is 2.41 bits per heavy atom. The van der Waals surface area contributed by atoms with Crippen LogP contribution in [0.5, 0.6) is 11.5 Å². The van der Waals surface area contributed by atoms with Gasteiger partial charge in [-0.1, -0.05) is 37.5 Å². The molecule has 0 aliphatic heterocycles. The van der Waals surface area contributed by atoms with Gasteiger partial charge in [0.2, 0.25) is 0 Å². The smallest absolute Gasteiger partial charge is 0.314 e. The number of carbonyl (C=O) groups is 2. The number of rotatable bonds is 6. The Hall–Kier alpha value is -2.88. The molecule has 27 heavy (non-hydrogen) atoms. The number of esters is 1. The molecule has 2 aromatic carbocycles. The van der Waals surface area contributed by atoms with Crippen molar-refractivity contribution in [3.8, 4) is 11.5 Å². The molecule has 0 unspecified atom stereocenters. The Labute approximate surface area is 159 Å². The minimum absolute atomic E-state index is 0.00542. The molecule has 2 aromatic rings. The molecule has 1 saturated carbocycles. The van der Waals surface area contributed by atoms with E-state index in [0.29, 0.717) is 11.3 Å². The van der Waals surface area contributed by atoms with E-state index in [9.17, 15) is 9.59 Å². The van der Waals surface area contributed by atoms with Crippen molar-refractivity contribution in [3.05, 3.63) is 65.7 Å². The highest BCUT2D eigenvalue weighted by atomic mass is 16.5. The molecular weight excluding hydrogens is 340 g/mol. The highest BCUT2D eigenvalue weighted by molar-refractivity contribution is 6.06. The first kappa shape index (κ1) is 18.9. The van der Waals surface area contributed by atoms with E-state index in [4.69, 9.17) is 9.47 Å². The highest BCUT2D eigenvalue weighted by Gasteiger charge is 2.22. The summed E-state index contributed by atoms with van der Waals surface area (Å²) in [6.45, 7) is 0. The maximum Gasteiger partial charge on any atom is 0.314 e. The second-order valence-electron chi connectivity index (χ2n) is 6.75. The van der Waals surface area contributed by atoms with Gasteiger partial charge in [0, 0.05) is 5.56 Å². The maximum atomic E-state index is 12.3. The zero-order valence-corrected chi connectivity index (χ0v) is 15.5. The summed E-state index contributed by atoms with van der Waals surface area (Å²) in [6, 6.07) is 14.2.